The van der Waals surface area contributed by atoms with E-state index in [-0.39, 0.29) is 12.2 Å². The van der Waals surface area contributed by atoms with Gasteiger partial charge in [-0.1, -0.05) is 30.3 Å². The van der Waals surface area contributed by atoms with E-state index in [0.29, 0.717) is 16.3 Å². The van der Waals surface area contributed by atoms with E-state index in [1.807, 2.05) is 81.6 Å². The molecule has 0 bridgehead atoms. The van der Waals surface area contributed by atoms with Gasteiger partial charge in [-0.25, -0.2) is 0 Å². The fourth-order valence-corrected chi connectivity index (χ4v) is 5.98. The summed E-state index contributed by atoms with van der Waals surface area (Å²) in [4.78, 5) is 41.5. The highest BCUT2D eigenvalue weighted by Crippen LogP contribution is 2.48. The number of anilines is 2. The lowest BCUT2D eigenvalue weighted by atomic mass is 9.62. The Labute approximate surface area is 215 Å². The van der Waals surface area contributed by atoms with Gasteiger partial charge in [0.1, 0.15) is 11.7 Å². The monoisotopic (exact) mass is 504 g/mol. The second kappa shape index (κ2) is 9.99. The van der Waals surface area contributed by atoms with Gasteiger partial charge in [0.15, 0.2) is 0 Å². The third-order valence-corrected chi connectivity index (χ3v) is 7.98. The van der Waals surface area contributed by atoms with Crippen LogP contribution in [0.1, 0.15) is 46.4 Å². The van der Waals surface area contributed by atoms with Crippen LogP contribution >= 0.6 is 11.3 Å². The molecule has 0 aliphatic heterocycles. The van der Waals surface area contributed by atoms with Gasteiger partial charge >= 0.3 is 0 Å². The van der Waals surface area contributed by atoms with Gasteiger partial charge in [0.2, 0.25) is 11.8 Å². The molecule has 36 heavy (non-hydrogen) atoms. The fourth-order valence-electron chi connectivity index (χ4n) is 5.08. The van der Waals surface area contributed by atoms with Gasteiger partial charge in [-0.15, -0.1) is 11.3 Å². The van der Waals surface area contributed by atoms with E-state index in [1.165, 1.54) is 18.3 Å². The lowest BCUT2D eigenvalue weighted by Crippen LogP contribution is -2.56. The van der Waals surface area contributed by atoms with Crippen LogP contribution in [0.5, 0.6) is 0 Å². The van der Waals surface area contributed by atoms with Crippen molar-refractivity contribution in [3.05, 3.63) is 81.0 Å². The lowest BCUT2D eigenvalue weighted by Gasteiger charge is -2.44. The number of aryl methyl sites for hydroxylation is 4. The molecule has 6 nitrogen and oxygen atoms in total. The van der Waals surface area contributed by atoms with Gasteiger partial charge in [-0.2, -0.15) is 0 Å². The Bertz CT molecular complexity index is 1310. The first-order valence-electron chi connectivity index (χ1n) is 12.0. The molecule has 1 aliphatic carbocycles. The number of nitrogens with one attached hydrogen (secondary N) is 2. The topological polar surface area (TPSA) is 95.5 Å². The van der Waals surface area contributed by atoms with Gasteiger partial charge in [0.05, 0.1) is 11.5 Å². The number of aliphatic hydroxyl groups is 1. The van der Waals surface area contributed by atoms with E-state index in [2.05, 4.69) is 10.6 Å². The number of hydrogen-bond donors (Lipinski definition) is 3. The molecule has 0 radical (unpaired) electrons. The molecule has 3 aromatic rings. The Morgan fingerprint density at radius 2 is 1.47 bits per heavy atom. The molecule has 2 amide bonds. The molecule has 7 heteroatoms. The highest BCUT2D eigenvalue weighted by Gasteiger charge is 2.56. The maximum atomic E-state index is 13.8. The Morgan fingerprint density at radius 1 is 0.917 bits per heavy atom. The highest BCUT2D eigenvalue weighted by atomic mass is 32.1. The summed E-state index contributed by atoms with van der Waals surface area (Å²) in [7, 11) is 0. The Hall–Kier alpha value is -3.29. The maximum absolute atomic E-state index is 13.8. The number of amides is 2. The van der Waals surface area contributed by atoms with Crippen molar-refractivity contribution in [2.45, 2.75) is 52.6 Å². The molecule has 1 aliphatic rings. The third-order valence-electron chi connectivity index (χ3n) is 7.01. The van der Waals surface area contributed by atoms with Crippen LogP contribution in [-0.2, 0) is 14.4 Å². The number of benzene rings is 2. The first-order valence-corrected chi connectivity index (χ1v) is 12.9. The largest absolute Gasteiger partial charge is 0.389 e. The van der Waals surface area contributed by atoms with Gasteiger partial charge < -0.3 is 15.7 Å². The molecule has 4 rings (SSSR count). The van der Waals surface area contributed by atoms with Crippen LogP contribution in [0.3, 0.4) is 0 Å². The summed E-state index contributed by atoms with van der Waals surface area (Å²) < 4.78 is 0. The summed E-state index contributed by atoms with van der Waals surface area (Å²) in [6.07, 6.45) is -0.287. The van der Waals surface area contributed by atoms with Crippen molar-refractivity contribution in [3.63, 3.8) is 0 Å². The zero-order valence-corrected chi connectivity index (χ0v) is 22.0. The first-order chi connectivity index (χ1) is 17.0. The van der Waals surface area contributed by atoms with Crippen LogP contribution in [0.25, 0.3) is 0 Å². The molecule has 1 aromatic heterocycles. The zero-order valence-electron chi connectivity index (χ0n) is 21.2. The molecule has 2 aromatic carbocycles. The number of carbonyl (C=O) groups excluding carboxylic acids is 3. The Kier molecular flexibility index (Phi) is 7.16. The summed E-state index contributed by atoms with van der Waals surface area (Å²) in [5, 5.41) is 19.2. The van der Waals surface area contributed by atoms with Crippen molar-refractivity contribution >= 4 is 40.3 Å². The predicted octanol–water partition coefficient (Wildman–Crippen LogP) is 5.30. The number of ketones is 1. The Balaban J connectivity index is 1.74. The predicted molar refractivity (Wildman–Crippen MR) is 143 cm³/mol. The van der Waals surface area contributed by atoms with Crippen LogP contribution < -0.4 is 10.6 Å². The third kappa shape index (κ3) is 5.13. The smallest absolute Gasteiger partial charge is 0.235 e. The first kappa shape index (κ1) is 25.8. The van der Waals surface area contributed by atoms with Crippen molar-refractivity contribution in [1.29, 1.82) is 0 Å². The van der Waals surface area contributed by atoms with Crippen molar-refractivity contribution in [1.82, 2.24) is 0 Å². The molecule has 4 unspecified atom stereocenters. The number of hydrogen-bond acceptors (Lipinski definition) is 5. The summed E-state index contributed by atoms with van der Waals surface area (Å²) >= 11 is 1.38. The second-order valence-electron chi connectivity index (χ2n) is 10.1. The summed E-state index contributed by atoms with van der Waals surface area (Å²) in [5.74, 6) is -4.19. The van der Waals surface area contributed by atoms with Gasteiger partial charge in [0, 0.05) is 28.6 Å². The quantitative estimate of drug-likeness (QED) is 0.411. The SMILES string of the molecule is Cc1ccc(C)c(NC(=O)C2C(=O)CC(C)(O)C(C(=O)Nc3cc(C)ccc3C)C2c2cccs2)c1. The molecule has 4 atom stereocenters. The minimum Gasteiger partial charge on any atom is -0.389 e. The van der Waals surface area contributed by atoms with Crippen LogP contribution in [0.15, 0.2) is 53.9 Å². The molecular weight excluding hydrogens is 472 g/mol. The van der Waals surface area contributed by atoms with Crippen molar-refractivity contribution < 1.29 is 19.5 Å². The molecular formula is C29H32N2O4S. The lowest BCUT2D eigenvalue weighted by molar-refractivity contribution is -0.150. The average Bonchev–Trinajstić information content (AvgIpc) is 3.32. The fraction of sp³-hybridized carbons (Fsp3) is 0.345. The number of carbonyl (C=O) groups is 3. The van der Waals surface area contributed by atoms with Gasteiger partial charge in [0.25, 0.3) is 0 Å². The molecule has 1 saturated carbocycles. The van der Waals surface area contributed by atoms with Crippen LogP contribution in [-0.4, -0.2) is 28.3 Å². The Morgan fingerprint density at radius 3 is 2.00 bits per heavy atom. The minimum atomic E-state index is -1.62. The van der Waals surface area contributed by atoms with E-state index < -0.39 is 35.2 Å². The molecule has 0 saturated heterocycles. The van der Waals surface area contributed by atoms with Crippen LogP contribution in [0, 0.1) is 39.5 Å². The molecule has 188 valence electrons. The molecule has 1 fully saturated rings. The van der Waals surface area contributed by atoms with Gasteiger partial charge in [-0.3, -0.25) is 14.4 Å². The average molecular weight is 505 g/mol. The standard InChI is InChI=1S/C29H32N2O4S/c1-16-8-10-18(3)20(13-16)30-27(33)24-22(32)15-29(5,35)26(25(24)23-7-6-12-36-23)28(34)31-21-14-17(2)9-11-19(21)4/h6-14,24-26,35H,15H2,1-5H3,(H,30,33)(H,31,34). The molecule has 0 spiro atoms. The highest BCUT2D eigenvalue weighted by molar-refractivity contribution is 7.10. The second-order valence-corrected chi connectivity index (χ2v) is 11.1. The zero-order chi connectivity index (χ0) is 26.2. The number of rotatable bonds is 5. The van der Waals surface area contributed by atoms with Crippen LogP contribution in [0.2, 0.25) is 0 Å². The normalized spacial score (nSPS) is 23.8. The number of thiophene rings is 1. The van der Waals surface area contributed by atoms with Crippen molar-refractivity contribution in [2.24, 2.45) is 11.8 Å². The van der Waals surface area contributed by atoms with E-state index in [4.69, 9.17) is 0 Å². The number of Topliss-reactive ketones (excluding diaryl/α,β-unsaturated/α-hetero) is 1. The van der Waals surface area contributed by atoms with E-state index in [9.17, 15) is 19.5 Å². The van der Waals surface area contributed by atoms with E-state index >= 15 is 0 Å². The van der Waals surface area contributed by atoms with E-state index in [1.54, 1.807) is 0 Å². The van der Waals surface area contributed by atoms with E-state index in [0.717, 1.165) is 22.3 Å². The summed E-state index contributed by atoms with van der Waals surface area (Å²) in [6.45, 7) is 9.17. The van der Waals surface area contributed by atoms with Crippen LogP contribution in [0.4, 0.5) is 11.4 Å². The van der Waals surface area contributed by atoms with Gasteiger partial charge in [-0.05, 0) is 80.5 Å². The van der Waals surface area contributed by atoms with Crippen molar-refractivity contribution in [2.75, 3.05) is 10.6 Å². The minimum absolute atomic E-state index is 0.287. The molecule has 3 N–H and O–H groups in total. The van der Waals surface area contributed by atoms with Crippen molar-refractivity contribution in [3.8, 4) is 0 Å². The summed E-state index contributed by atoms with van der Waals surface area (Å²) in [6, 6.07) is 15.1. The maximum Gasteiger partial charge on any atom is 0.235 e. The summed E-state index contributed by atoms with van der Waals surface area (Å²) in [5.41, 5.74) is 3.39. The molecule has 1 heterocycles.